The van der Waals surface area contributed by atoms with Gasteiger partial charge < -0.3 is 10.2 Å². The first-order chi connectivity index (χ1) is 11.9. The number of rotatable bonds is 3. The first-order valence-corrected chi connectivity index (χ1v) is 9.54. The summed E-state index contributed by atoms with van der Waals surface area (Å²) in [5, 5.41) is 3.03. The van der Waals surface area contributed by atoms with Crippen LogP contribution in [0.15, 0.2) is 18.2 Å². The normalized spacial score (nSPS) is 29.8. The van der Waals surface area contributed by atoms with Crippen molar-refractivity contribution in [2.75, 3.05) is 11.9 Å². The SMILES string of the molecule is Cc1ccc(NC(=O)[C@H]2CC(=O)N([C@H]3CCC[C@H](C)[C@@H]3C)C2)c(C)c1. The number of carbonyl (C=O) groups excluding carboxylic acids is 2. The lowest BCUT2D eigenvalue weighted by Gasteiger charge is -2.40. The van der Waals surface area contributed by atoms with Gasteiger partial charge in [0.05, 0.1) is 5.92 Å². The summed E-state index contributed by atoms with van der Waals surface area (Å²) in [7, 11) is 0. The van der Waals surface area contributed by atoms with Crippen molar-refractivity contribution in [3.8, 4) is 0 Å². The summed E-state index contributed by atoms with van der Waals surface area (Å²) in [6.45, 7) is 9.14. The molecule has 0 bridgehead atoms. The van der Waals surface area contributed by atoms with Crippen LogP contribution >= 0.6 is 0 Å². The monoisotopic (exact) mass is 342 g/mol. The molecule has 0 aromatic heterocycles. The molecule has 1 saturated carbocycles. The molecule has 0 radical (unpaired) electrons. The van der Waals surface area contributed by atoms with Gasteiger partial charge in [0.25, 0.3) is 0 Å². The zero-order valence-corrected chi connectivity index (χ0v) is 15.8. The van der Waals surface area contributed by atoms with Crippen LogP contribution in [0.2, 0.25) is 0 Å². The van der Waals surface area contributed by atoms with E-state index in [-0.39, 0.29) is 17.7 Å². The number of hydrogen-bond acceptors (Lipinski definition) is 2. The highest BCUT2D eigenvalue weighted by atomic mass is 16.2. The number of nitrogens with one attached hydrogen (secondary N) is 1. The van der Waals surface area contributed by atoms with Gasteiger partial charge in [0.15, 0.2) is 0 Å². The minimum absolute atomic E-state index is 0.0284. The number of hydrogen-bond donors (Lipinski definition) is 1. The van der Waals surface area contributed by atoms with Gasteiger partial charge in [0.1, 0.15) is 0 Å². The van der Waals surface area contributed by atoms with Crippen molar-refractivity contribution in [2.45, 2.75) is 59.4 Å². The molecule has 4 atom stereocenters. The second-order valence-electron chi connectivity index (χ2n) is 8.09. The van der Waals surface area contributed by atoms with Crippen molar-refractivity contribution in [3.05, 3.63) is 29.3 Å². The highest BCUT2D eigenvalue weighted by Gasteiger charge is 2.41. The quantitative estimate of drug-likeness (QED) is 0.905. The van der Waals surface area contributed by atoms with Gasteiger partial charge in [-0.15, -0.1) is 0 Å². The number of benzene rings is 1. The van der Waals surface area contributed by atoms with Gasteiger partial charge in [0, 0.05) is 24.7 Å². The summed E-state index contributed by atoms with van der Waals surface area (Å²) in [5.41, 5.74) is 3.09. The lowest BCUT2D eigenvalue weighted by Crippen LogP contribution is -2.45. The lowest BCUT2D eigenvalue weighted by molar-refractivity contribution is -0.131. The van der Waals surface area contributed by atoms with E-state index in [1.165, 1.54) is 18.4 Å². The second kappa shape index (κ2) is 7.19. The first kappa shape index (κ1) is 18.0. The summed E-state index contributed by atoms with van der Waals surface area (Å²) in [6.07, 6.45) is 3.84. The number of amides is 2. The highest BCUT2D eigenvalue weighted by Crippen LogP contribution is 2.36. The summed E-state index contributed by atoms with van der Waals surface area (Å²) in [6, 6.07) is 6.31. The second-order valence-corrected chi connectivity index (χ2v) is 8.09. The largest absolute Gasteiger partial charge is 0.339 e. The average Bonchev–Trinajstić information content (AvgIpc) is 2.94. The summed E-state index contributed by atoms with van der Waals surface area (Å²) in [5.74, 6) is 1.04. The minimum atomic E-state index is -0.238. The van der Waals surface area contributed by atoms with E-state index in [0.717, 1.165) is 17.7 Å². The third kappa shape index (κ3) is 3.73. The fourth-order valence-electron chi connectivity index (χ4n) is 4.41. The molecule has 136 valence electrons. The fourth-order valence-corrected chi connectivity index (χ4v) is 4.41. The molecule has 0 unspecified atom stereocenters. The van der Waals surface area contributed by atoms with Crippen molar-refractivity contribution in [2.24, 2.45) is 17.8 Å². The first-order valence-electron chi connectivity index (χ1n) is 9.54. The van der Waals surface area contributed by atoms with Gasteiger partial charge in [-0.25, -0.2) is 0 Å². The van der Waals surface area contributed by atoms with Crippen LogP contribution in [0.25, 0.3) is 0 Å². The summed E-state index contributed by atoms with van der Waals surface area (Å²) in [4.78, 5) is 27.2. The Labute approximate surface area is 151 Å². The van der Waals surface area contributed by atoms with Crippen LogP contribution in [0.3, 0.4) is 0 Å². The van der Waals surface area contributed by atoms with E-state index in [1.54, 1.807) is 0 Å². The van der Waals surface area contributed by atoms with E-state index in [2.05, 4.69) is 25.2 Å². The Kier molecular flexibility index (Phi) is 5.16. The van der Waals surface area contributed by atoms with Gasteiger partial charge in [-0.2, -0.15) is 0 Å². The maximum absolute atomic E-state index is 12.7. The summed E-state index contributed by atoms with van der Waals surface area (Å²) >= 11 is 0. The molecule has 0 spiro atoms. The molecule has 1 aliphatic heterocycles. The van der Waals surface area contributed by atoms with Gasteiger partial charge in [-0.1, -0.05) is 44.4 Å². The molecule has 2 fully saturated rings. The third-order valence-corrected chi connectivity index (χ3v) is 6.23. The van der Waals surface area contributed by atoms with Crippen LogP contribution in [0.4, 0.5) is 5.69 Å². The van der Waals surface area contributed by atoms with Crippen LogP contribution < -0.4 is 5.32 Å². The van der Waals surface area contributed by atoms with Crippen molar-refractivity contribution in [1.82, 2.24) is 4.90 Å². The highest BCUT2D eigenvalue weighted by molar-refractivity contribution is 5.97. The molecule has 25 heavy (non-hydrogen) atoms. The van der Waals surface area contributed by atoms with E-state index in [4.69, 9.17) is 0 Å². The van der Waals surface area contributed by atoms with Crippen LogP contribution in [0, 0.1) is 31.6 Å². The van der Waals surface area contributed by atoms with Crippen molar-refractivity contribution in [3.63, 3.8) is 0 Å². The Balaban J connectivity index is 1.66. The predicted molar refractivity (Wildman–Crippen MR) is 100 cm³/mol. The number of nitrogens with zero attached hydrogens (tertiary/aromatic N) is 1. The molecular formula is C21H30N2O2. The minimum Gasteiger partial charge on any atom is -0.339 e. The van der Waals surface area contributed by atoms with E-state index in [9.17, 15) is 9.59 Å². The third-order valence-electron chi connectivity index (χ3n) is 6.23. The zero-order chi connectivity index (χ0) is 18.1. The topological polar surface area (TPSA) is 49.4 Å². The van der Waals surface area contributed by atoms with Gasteiger partial charge in [0.2, 0.25) is 11.8 Å². The summed E-state index contributed by atoms with van der Waals surface area (Å²) < 4.78 is 0. The molecule has 1 heterocycles. The lowest BCUT2D eigenvalue weighted by atomic mass is 9.77. The molecule has 1 aliphatic carbocycles. The van der Waals surface area contributed by atoms with E-state index in [0.29, 0.717) is 30.8 Å². The maximum atomic E-state index is 12.7. The van der Waals surface area contributed by atoms with E-state index in [1.807, 2.05) is 30.9 Å². The molecule has 3 rings (SSSR count). The Morgan fingerprint density at radius 3 is 2.68 bits per heavy atom. The smallest absolute Gasteiger partial charge is 0.229 e. The van der Waals surface area contributed by atoms with Gasteiger partial charge >= 0.3 is 0 Å². The molecule has 4 nitrogen and oxygen atoms in total. The van der Waals surface area contributed by atoms with Crippen LogP contribution in [-0.4, -0.2) is 29.3 Å². The van der Waals surface area contributed by atoms with E-state index < -0.39 is 0 Å². The zero-order valence-electron chi connectivity index (χ0n) is 15.8. The Morgan fingerprint density at radius 1 is 1.20 bits per heavy atom. The number of likely N-dealkylation sites (tertiary alicyclic amines) is 1. The van der Waals surface area contributed by atoms with Crippen LogP contribution in [-0.2, 0) is 9.59 Å². The van der Waals surface area contributed by atoms with Gasteiger partial charge in [-0.3, -0.25) is 9.59 Å². The molecule has 1 N–H and O–H groups in total. The Morgan fingerprint density at radius 2 is 1.96 bits per heavy atom. The Bertz CT molecular complexity index is 670. The Hall–Kier alpha value is -1.84. The molecule has 4 heteroatoms. The average molecular weight is 342 g/mol. The molecule has 1 saturated heterocycles. The number of anilines is 1. The number of carbonyl (C=O) groups is 2. The molecule has 1 aromatic carbocycles. The van der Waals surface area contributed by atoms with Crippen molar-refractivity contribution in [1.29, 1.82) is 0 Å². The van der Waals surface area contributed by atoms with Gasteiger partial charge in [-0.05, 0) is 43.7 Å². The number of aryl methyl sites for hydroxylation is 2. The molecule has 2 aliphatic rings. The maximum Gasteiger partial charge on any atom is 0.229 e. The van der Waals surface area contributed by atoms with Crippen LogP contribution in [0.1, 0.15) is 50.7 Å². The molecule has 2 amide bonds. The fraction of sp³-hybridized carbons (Fsp3) is 0.619. The van der Waals surface area contributed by atoms with Crippen molar-refractivity contribution < 1.29 is 9.59 Å². The predicted octanol–water partition coefficient (Wildman–Crippen LogP) is 3.92. The standard InChI is InChI=1S/C21H30N2O2/c1-13-8-9-18(15(3)10-13)22-21(25)17-11-20(24)23(12-17)19-7-5-6-14(2)16(19)4/h8-10,14,16-17,19H,5-7,11-12H2,1-4H3,(H,22,25)/t14-,16-,17-,19-/m0/s1. The molecular weight excluding hydrogens is 312 g/mol. The van der Waals surface area contributed by atoms with Crippen molar-refractivity contribution >= 4 is 17.5 Å². The van der Waals surface area contributed by atoms with E-state index >= 15 is 0 Å². The molecule has 1 aromatic rings. The van der Waals surface area contributed by atoms with Crippen LogP contribution in [0.5, 0.6) is 0 Å².